The molecule has 0 spiro atoms. The van der Waals surface area contributed by atoms with Crippen molar-refractivity contribution in [3.05, 3.63) is 65.9 Å². The van der Waals surface area contributed by atoms with E-state index in [0.29, 0.717) is 5.69 Å². The van der Waals surface area contributed by atoms with Crippen LogP contribution in [0, 0.1) is 12.8 Å². The molecule has 0 aliphatic carbocycles. The van der Waals surface area contributed by atoms with Gasteiger partial charge in [0.15, 0.2) is 5.69 Å². The molecule has 0 radical (unpaired) electrons. The number of ether oxygens (including phenoxy) is 1. The van der Waals surface area contributed by atoms with E-state index >= 15 is 0 Å². The van der Waals surface area contributed by atoms with E-state index in [1.807, 2.05) is 69.3 Å². The lowest BCUT2D eigenvalue weighted by atomic mass is 10.1. The molecule has 3 rings (SSSR count). The van der Waals surface area contributed by atoms with E-state index in [1.165, 1.54) is 0 Å². The highest BCUT2D eigenvalue weighted by Crippen LogP contribution is 2.27. The fourth-order valence-corrected chi connectivity index (χ4v) is 3.06. The van der Waals surface area contributed by atoms with Crippen molar-refractivity contribution in [2.75, 3.05) is 11.9 Å². The molecule has 156 valence electrons. The van der Waals surface area contributed by atoms with Crippen LogP contribution in [0.25, 0.3) is 16.9 Å². The molecule has 1 amide bonds. The first-order valence-corrected chi connectivity index (χ1v) is 10.2. The van der Waals surface area contributed by atoms with Gasteiger partial charge in [0, 0.05) is 17.2 Å². The van der Waals surface area contributed by atoms with Gasteiger partial charge < -0.3 is 10.1 Å². The topological polar surface area (TPSA) is 73.2 Å². The Morgan fingerprint density at radius 3 is 2.57 bits per heavy atom. The molecule has 0 aliphatic rings. The number of amides is 1. The molecule has 30 heavy (non-hydrogen) atoms. The van der Waals surface area contributed by atoms with Crippen LogP contribution in [-0.4, -0.2) is 28.3 Å². The van der Waals surface area contributed by atoms with Crippen LogP contribution in [0.3, 0.4) is 0 Å². The summed E-state index contributed by atoms with van der Waals surface area (Å²) >= 11 is 0. The van der Waals surface area contributed by atoms with Crippen molar-refractivity contribution in [2.45, 2.75) is 34.1 Å². The van der Waals surface area contributed by atoms with Crippen LogP contribution in [0.5, 0.6) is 0 Å². The maximum Gasteiger partial charge on any atom is 0.358 e. The number of hydrogen-bond acceptors (Lipinski definition) is 4. The van der Waals surface area contributed by atoms with Gasteiger partial charge in [0.05, 0.1) is 18.0 Å². The van der Waals surface area contributed by atoms with Gasteiger partial charge in [0.2, 0.25) is 5.91 Å². The van der Waals surface area contributed by atoms with E-state index in [1.54, 1.807) is 17.7 Å². The second-order valence-corrected chi connectivity index (χ2v) is 7.27. The maximum atomic E-state index is 12.3. The number of rotatable bonds is 7. The molecular weight excluding hydrogens is 378 g/mol. The minimum Gasteiger partial charge on any atom is -0.461 e. The van der Waals surface area contributed by atoms with Gasteiger partial charge in [-0.3, -0.25) is 4.79 Å². The van der Waals surface area contributed by atoms with Gasteiger partial charge in [0.1, 0.15) is 0 Å². The number of benzene rings is 2. The van der Waals surface area contributed by atoms with Crippen molar-refractivity contribution in [1.82, 2.24) is 9.78 Å². The van der Waals surface area contributed by atoms with E-state index in [2.05, 4.69) is 10.4 Å². The van der Waals surface area contributed by atoms with Gasteiger partial charge in [-0.25, -0.2) is 9.48 Å². The van der Waals surface area contributed by atoms with Crippen LogP contribution in [0.2, 0.25) is 0 Å². The molecule has 0 saturated carbocycles. The Hall–Kier alpha value is -3.41. The second kappa shape index (κ2) is 9.39. The molecule has 0 saturated heterocycles. The molecule has 0 unspecified atom stereocenters. The van der Waals surface area contributed by atoms with Gasteiger partial charge in [-0.05, 0) is 56.2 Å². The lowest BCUT2D eigenvalue weighted by Crippen LogP contribution is -2.19. The number of aryl methyl sites for hydroxylation is 1. The number of esters is 1. The Labute approximate surface area is 176 Å². The number of hydrogen-bond donors (Lipinski definition) is 1. The summed E-state index contributed by atoms with van der Waals surface area (Å²) in [5, 5.41) is 7.46. The zero-order valence-corrected chi connectivity index (χ0v) is 17.8. The molecule has 6 heteroatoms. The van der Waals surface area contributed by atoms with Crippen molar-refractivity contribution in [3.8, 4) is 16.9 Å². The fraction of sp³-hybridized carbons (Fsp3) is 0.292. The number of nitrogens with one attached hydrogen (secondary N) is 1. The van der Waals surface area contributed by atoms with Crippen molar-refractivity contribution in [1.29, 1.82) is 0 Å². The second-order valence-electron chi connectivity index (χ2n) is 7.27. The first kappa shape index (κ1) is 21.3. The van der Waals surface area contributed by atoms with Gasteiger partial charge in [-0.1, -0.05) is 38.1 Å². The predicted molar refractivity (Wildman–Crippen MR) is 118 cm³/mol. The Morgan fingerprint density at radius 2 is 1.87 bits per heavy atom. The highest BCUT2D eigenvalue weighted by molar-refractivity contribution is 5.93. The van der Waals surface area contributed by atoms with Crippen LogP contribution in [-0.2, 0) is 9.53 Å². The number of carbonyl (C=O) groups excluding carboxylic acids is 2. The SMILES string of the molecule is CCOC(=O)c1cc(-c2cccc(NC(=O)[C@@H](C)CC)c2)n(-c2cccc(C)c2)n1. The number of nitrogens with zero attached hydrogens (tertiary/aromatic N) is 2. The lowest BCUT2D eigenvalue weighted by Gasteiger charge is -2.12. The minimum absolute atomic E-state index is 0.0194. The highest BCUT2D eigenvalue weighted by atomic mass is 16.5. The van der Waals surface area contributed by atoms with Crippen molar-refractivity contribution >= 4 is 17.6 Å². The van der Waals surface area contributed by atoms with E-state index in [4.69, 9.17) is 4.74 Å². The first-order valence-electron chi connectivity index (χ1n) is 10.2. The molecule has 0 aliphatic heterocycles. The lowest BCUT2D eigenvalue weighted by molar-refractivity contribution is -0.119. The van der Waals surface area contributed by atoms with Crippen LogP contribution in [0.4, 0.5) is 5.69 Å². The molecule has 2 aromatic carbocycles. The van der Waals surface area contributed by atoms with Gasteiger partial charge in [0.25, 0.3) is 0 Å². The van der Waals surface area contributed by atoms with Crippen LogP contribution >= 0.6 is 0 Å². The van der Waals surface area contributed by atoms with E-state index < -0.39 is 5.97 Å². The zero-order valence-electron chi connectivity index (χ0n) is 17.8. The van der Waals surface area contributed by atoms with Crippen molar-refractivity contribution in [3.63, 3.8) is 0 Å². The fourth-order valence-electron chi connectivity index (χ4n) is 3.06. The Morgan fingerprint density at radius 1 is 1.10 bits per heavy atom. The van der Waals surface area contributed by atoms with E-state index in [0.717, 1.165) is 28.9 Å². The van der Waals surface area contributed by atoms with Crippen LogP contribution < -0.4 is 5.32 Å². The summed E-state index contributed by atoms with van der Waals surface area (Å²) < 4.78 is 6.87. The molecule has 1 heterocycles. The van der Waals surface area contributed by atoms with Crippen molar-refractivity contribution < 1.29 is 14.3 Å². The number of carbonyl (C=O) groups is 2. The van der Waals surface area contributed by atoms with Gasteiger partial charge in [-0.2, -0.15) is 5.10 Å². The quantitative estimate of drug-likeness (QED) is 0.561. The Kier molecular flexibility index (Phi) is 6.67. The summed E-state index contributed by atoms with van der Waals surface area (Å²) in [5.41, 5.74) is 4.44. The van der Waals surface area contributed by atoms with E-state index in [-0.39, 0.29) is 24.1 Å². The summed E-state index contributed by atoms with van der Waals surface area (Å²) in [4.78, 5) is 24.6. The largest absolute Gasteiger partial charge is 0.461 e. The average molecular weight is 405 g/mol. The summed E-state index contributed by atoms with van der Waals surface area (Å²) in [6, 6.07) is 17.1. The standard InChI is InChI=1S/C24H27N3O3/c1-5-17(4)23(28)25-19-11-8-10-18(14-19)22-15-21(24(29)30-6-2)26-27(22)20-12-7-9-16(3)13-20/h7-15,17H,5-6H2,1-4H3,(H,25,28)/t17-/m0/s1. The molecule has 1 N–H and O–H groups in total. The zero-order chi connectivity index (χ0) is 21.7. The third-order valence-electron chi connectivity index (χ3n) is 4.93. The molecule has 6 nitrogen and oxygen atoms in total. The smallest absolute Gasteiger partial charge is 0.358 e. The Balaban J connectivity index is 2.05. The number of aromatic nitrogens is 2. The first-order chi connectivity index (χ1) is 14.4. The van der Waals surface area contributed by atoms with Gasteiger partial charge >= 0.3 is 5.97 Å². The predicted octanol–water partition coefficient (Wildman–Crippen LogP) is 5.01. The summed E-state index contributed by atoms with van der Waals surface area (Å²) in [6.07, 6.45) is 0.772. The summed E-state index contributed by atoms with van der Waals surface area (Å²) in [7, 11) is 0. The molecular formula is C24H27N3O3. The third kappa shape index (κ3) is 4.76. The Bertz CT molecular complexity index is 1060. The monoisotopic (exact) mass is 405 g/mol. The van der Waals surface area contributed by atoms with Crippen LogP contribution in [0.1, 0.15) is 43.2 Å². The average Bonchev–Trinajstić information content (AvgIpc) is 3.19. The van der Waals surface area contributed by atoms with Gasteiger partial charge in [-0.15, -0.1) is 0 Å². The van der Waals surface area contributed by atoms with Crippen LogP contribution in [0.15, 0.2) is 54.6 Å². The highest BCUT2D eigenvalue weighted by Gasteiger charge is 2.18. The van der Waals surface area contributed by atoms with Crippen molar-refractivity contribution in [2.24, 2.45) is 5.92 Å². The minimum atomic E-state index is -0.466. The third-order valence-corrected chi connectivity index (χ3v) is 4.93. The molecule has 1 aromatic heterocycles. The number of anilines is 1. The molecule has 0 bridgehead atoms. The normalized spacial score (nSPS) is 11.7. The molecule has 1 atom stereocenters. The maximum absolute atomic E-state index is 12.3. The summed E-state index contributed by atoms with van der Waals surface area (Å²) in [5.74, 6) is -0.553. The van der Waals surface area contributed by atoms with E-state index in [9.17, 15) is 9.59 Å². The molecule has 0 fully saturated rings. The summed E-state index contributed by atoms with van der Waals surface area (Å²) in [6.45, 7) is 7.93. The molecule has 3 aromatic rings.